The Morgan fingerprint density at radius 3 is 2.77 bits per heavy atom. The first-order chi connectivity index (χ1) is 14.8. The van der Waals surface area contributed by atoms with Gasteiger partial charge in [-0.25, -0.2) is 15.5 Å². The molecule has 2 heterocycles. The zero-order valence-corrected chi connectivity index (χ0v) is 18.9. The number of rotatable bonds is 5. The summed E-state index contributed by atoms with van der Waals surface area (Å²) in [5, 5.41) is 17.6. The number of hydrazine groups is 1. The lowest BCUT2D eigenvalue weighted by molar-refractivity contribution is 0.0765. The molecule has 3 aromatic rings. The molecule has 0 bridgehead atoms. The summed E-state index contributed by atoms with van der Waals surface area (Å²) in [5.41, 5.74) is 1.29. The van der Waals surface area contributed by atoms with Crippen molar-refractivity contribution in [3.05, 3.63) is 68.5 Å². The lowest BCUT2D eigenvalue weighted by Gasteiger charge is -2.19. The Hall–Kier alpha value is -3.26. The molecule has 0 saturated carbocycles. The molecule has 0 aliphatic carbocycles. The number of carbonyl (C=O) groups excluding carboxylic acids is 2. The number of benzene rings is 1. The van der Waals surface area contributed by atoms with Crippen molar-refractivity contribution in [3.63, 3.8) is 0 Å². The van der Waals surface area contributed by atoms with Gasteiger partial charge in [-0.15, -0.1) is 0 Å². The number of hydrogen-bond donors (Lipinski definition) is 2. The van der Waals surface area contributed by atoms with E-state index in [2.05, 4.69) is 31.3 Å². The number of nitriles is 1. The van der Waals surface area contributed by atoms with Crippen LogP contribution in [-0.4, -0.2) is 38.1 Å². The summed E-state index contributed by atoms with van der Waals surface area (Å²) in [4.78, 5) is 30.1. The highest BCUT2D eigenvalue weighted by Gasteiger charge is 2.23. The number of carbonyl (C=O) groups is 2. The van der Waals surface area contributed by atoms with Gasteiger partial charge in [-0.1, -0.05) is 11.6 Å². The molecule has 11 heteroatoms. The van der Waals surface area contributed by atoms with E-state index in [9.17, 15) is 14.9 Å². The standard InChI is InChI=1S/C20H17BrClN7O2/c1-3-28(24)20(31)13-8-12(10-23)7-11(2)17(13)26-19(30)15-9-16(21)27-29(15)18-14(22)5-4-6-25-18/h4-9H,3,24H2,1-2H3,(H,26,30). The zero-order chi connectivity index (χ0) is 22.7. The first-order valence-corrected chi connectivity index (χ1v) is 10.2. The van der Waals surface area contributed by atoms with Crippen LogP contribution in [-0.2, 0) is 0 Å². The highest BCUT2D eigenvalue weighted by Crippen LogP contribution is 2.26. The molecular weight excluding hydrogens is 486 g/mol. The number of hydrogen-bond acceptors (Lipinski definition) is 6. The third kappa shape index (κ3) is 4.59. The van der Waals surface area contributed by atoms with Crippen molar-refractivity contribution in [1.82, 2.24) is 19.8 Å². The number of halogens is 2. The van der Waals surface area contributed by atoms with E-state index in [-0.39, 0.29) is 34.9 Å². The minimum atomic E-state index is -0.554. The predicted octanol–water partition coefficient (Wildman–Crippen LogP) is 3.45. The first-order valence-electron chi connectivity index (χ1n) is 9.05. The number of aryl methyl sites for hydroxylation is 1. The maximum Gasteiger partial charge on any atom is 0.274 e. The minimum Gasteiger partial charge on any atom is -0.320 e. The Kier molecular flexibility index (Phi) is 6.70. The summed E-state index contributed by atoms with van der Waals surface area (Å²) >= 11 is 9.48. The van der Waals surface area contributed by atoms with Gasteiger partial charge in [0.2, 0.25) is 0 Å². The fourth-order valence-electron chi connectivity index (χ4n) is 2.87. The van der Waals surface area contributed by atoms with E-state index in [4.69, 9.17) is 17.4 Å². The summed E-state index contributed by atoms with van der Waals surface area (Å²) in [7, 11) is 0. The molecule has 2 amide bonds. The Labute approximate surface area is 191 Å². The molecular formula is C20H17BrClN7O2. The van der Waals surface area contributed by atoms with Gasteiger partial charge in [-0.2, -0.15) is 10.4 Å². The Morgan fingerprint density at radius 2 is 2.13 bits per heavy atom. The third-order valence-corrected chi connectivity index (χ3v) is 5.07. The van der Waals surface area contributed by atoms with E-state index in [0.717, 1.165) is 5.01 Å². The lowest BCUT2D eigenvalue weighted by Crippen LogP contribution is -2.37. The molecule has 0 spiro atoms. The third-order valence-electron chi connectivity index (χ3n) is 4.39. The Morgan fingerprint density at radius 1 is 1.39 bits per heavy atom. The number of amides is 2. The molecule has 0 saturated heterocycles. The summed E-state index contributed by atoms with van der Waals surface area (Å²) in [6.45, 7) is 3.65. The Balaban J connectivity index is 2.07. The van der Waals surface area contributed by atoms with Gasteiger partial charge in [0.15, 0.2) is 5.82 Å². The highest BCUT2D eigenvalue weighted by atomic mass is 79.9. The summed E-state index contributed by atoms with van der Waals surface area (Å²) in [6, 6.07) is 9.76. The fourth-order valence-corrected chi connectivity index (χ4v) is 3.45. The van der Waals surface area contributed by atoms with Crippen LogP contribution < -0.4 is 11.2 Å². The van der Waals surface area contributed by atoms with Crippen molar-refractivity contribution >= 4 is 45.0 Å². The smallest absolute Gasteiger partial charge is 0.274 e. The second kappa shape index (κ2) is 9.26. The van der Waals surface area contributed by atoms with Gasteiger partial charge >= 0.3 is 0 Å². The first kappa shape index (κ1) is 22.4. The number of nitrogens with two attached hydrogens (primary N) is 1. The average molecular weight is 503 g/mol. The molecule has 0 fully saturated rings. The molecule has 0 atom stereocenters. The van der Waals surface area contributed by atoms with Crippen LogP contribution in [0.3, 0.4) is 0 Å². The number of pyridine rings is 1. The number of nitrogens with zero attached hydrogens (tertiary/aromatic N) is 5. The summed E-state index contributed by atoms with van der Waals surface area (Å²) < 4.78 is 1.69. The van der Waals surface area contributed by atoms with Gasteiger partial charge < -0.3 is 5.32 Å². The molecule has 0 aliphatic heterocycles. The summed E-state index contributed by atoms with van der Waals surface area (Å²) in [6.07, 6.45) is 1.53. The van der Waals surface area contributed by atoms with Crippen LogP contribution in [0.2, 0.25) is 5.02 Å². The molecule has 2 aromatic heterocycles. The molecule has 9 nitrogen and oxygen atoms in total. The lowest BCUT2D eigenvalue weighted by atomic mass is 10.0. The average Bonchev–Trinajstić information content (AvgIpc) is 3.15. The van der Waals surface area contributed by atoms with Crippen LogP contribution in [0.25, 0.3) is 5.82 Å². The monoisotopic (exact) mass is 501 g/mol. The molecule has 31 heavy (non-hydrogen) atoms. The molecule has 1 aromatic carbocycles. The quantitative estimate of drug-likeness (QED) is 0.312. The van der Waals surface area contributed by atoms with Crippen LogP contribution in [0, 0.1) is 18.3 Å². The zero-order valence-electron chi connectivity index (χ0n) is 16.6. The number of anilines is 1. The molecule has 0 aliphatic rings. The van der Waals surface area contributed by atoms with E-state index in [0.29, 0.717) is 15.2 Å². The van der Waals surface area contributed by atoms with Gasteiger partial charge in [0.1, 0.15) is 10.3 Å². The second-order valence-corrected chi connectivity index (χ2v) is 7.67. The van der Waals surface area contributed by atoms with E-state index in [1.807, 2.05) is 6.07 Å². The van der Waals surface area contributed by atoms with Crippen LogP contribution >= 0.6 is 27.5 Å². The van der Waals surface area contributed by atoms with Crippen molar-refractivity contribution < 1.29 is 9.59 Å². The largest absolute Gasteiger partial charge is 0.320 e. The molecule has 0 unspecified atom stereocenters. The van der Waals surface area contributed by atoms with Crippen molar-refractivity contribution in [3.8, 4) is 11.9 Å². The van der Waals surface area contributed by atoms with Crippen LogP contribution in [0.4, 0.5) is 5.69 Å². The molecule has 3 rings (SSSR count). The number of nitrogens with one attached hydrogen (secondary N) is 1. The second-order valence-electron chi connectivity index (χ2n) is 6.45. The van der Waals surface area contributed by atoms with Gasteiger partial charge in [0.25, 0.3) is 11.8 Å². The van der Waals surface area contributed by atoms with Crippen LogP contribution in [0.5, 0.6) is 0 Å². The van der Waals surface area contributed by atoms with Gasteiger partial charge in [0.05, 0.1) is 27.9 Å². The van der Waals surface area contributed by atoms with Crippen molar-refractivity contribution in [1.29, 1.82) is 5.26 Å². The SMILES string of the molecule is CCN(N)C(=O)c1cc(C#N)cc(C)c1NC(=O)c1cc(Br)nn1-c1ncccc1Cl. The van der Waals surface area contributed by atoms with E-state index in [1.165, 1.54) is 23.0 Å². The van der Waals surface area contributed by atoms with Crippen molar-refractivity contribution in [2.24, 2.45) is 5.84 Å². The van der Waals surface area contributed by atoms with Crippen molar-refractivity contribution in [2.75, 3.05) is 11.9 Å². The fraction of sp³-hybridized carbons (Fsp3) is 0.150. The van der Waals surface area contributed by atoms with E-state index >= 15 is 0 Å². The maximum absolute atomic E-state index is 13.2. The van der Waals surface area contributed by atoms with Gasteiger partial charge in [0, 0.05) is 18.8 Å². The Bertz CT molecular complexity index is 1220. The predicted molar refractivity (Wildman–Crippen MR) is 119 cm³/mol. The summed E-state index contributed by atoms with van der Waals surface area (Å²) in [5.74, 6) is 4.96. The molecule has 158 valence electrons. The van der Waals surface area contributed by atoms with Gasteiger partial charge in [-0.3, -0.25) is 14.6 Å². The van der Waals surface area contributed by atoms with E-state index < -0.39 is 11.8 Å². The molecule has 3 N–H and O–H groups in total. The van der Waals surface area contributed by atoms with Crippen LogP contribution in [0.15, 0.2) is 41.1 Å². The molecule has 0 radical (unpaired) electrons. The minimum absolute atomic E-state index is 0.107. The van der Waals surface area contributed by atoms with Crippen molar-refractivity contribution in [2.45, 2.75) is 13.8 Å². The topological polar surface area (TPSA) is 130 Å². The van der Waals surface area contributed by atoms with E-state index in [1.54, 1.807) is 32.0 Å². The van der Waals surface area contributed by atoms with Gasteiger partial charge in [-0.05, 0) is 59.6 Å². The number of aromatic nitrogens is 3. The van der Waals surface area contributed by atoms with Crippen LogP contribution in [0.1, 0.15) is 38.9 Å². The maximum atomic E-state index is 13.2. The normalized spacial score (nSPS) is 10.5. The highest BCUT2D eigenvalue weighted by molar-refractivity contribution is 9.10.